The minimum absolute atomic E-state index is 0.0869. The van der Waals surface area contributed by atoms with Gasteiger partial charge in [0, 0.05) is 24.1 Å². The zero-order valence-corrected chi connectivity index (χ0v) is 14.5. The normalized spacial score (nSPS) is 14.6. The molecule has 5 heteroatoms. The third-order valence-corrected chi connectivity index (χ3v) is 4.52. The van der Waals surface area contributed by atoms with Gasteiger partial charge in [-0.05, 0) is 44.7 Å². The van der Waals surface area contributed by atoms with E-state index >= 15 is 0 Å². The molecule has 1 fully saturated rings. The van der Waals surface area contributed by atoms with E-state index in [1.54, 1.807) is 12.4 Å². The molecule has 1 heterocycles. The topological polar surface area (TPSA) is 66.9 Å². The largest absolute Gasteiger partial charge is 0.349 e. The summed E-state index contributed by atoms with van der Waals surface area (Å²) in [7, 11) is 0. The lowest BCUT2D eigenvalue weighted by Gasteiger charge is -2.13. The quantitative estimate of drug-likeness (QED) is 0.897. The van der Waals surface area contributed by atoms with Gasteiger partial charge in [0.05, 0.1) is 5.56 Å². The number of hydrogen-bond donors (Lipinski definition) is 2. The molecule has 1 aliphatic rings. The standard InChI is InChI=1S/C19H24N4O/c1-12-8-13(2)17(14(3)9-12)23-19-20-10-15(11-21-19)18(24)22-16-6-4-5-7-16/h8-11,16H,4-7H2,1-3H3,(H,22,24)(H,20,21,23). The second-order valence-corrected chi connectivity index (χ2v) is 6.65. The van der Waals surface area contributed by atoms with Gasteiger partial charge in [-0.2, -0.15) is 0 Å². The summed E-state index contributed by atoms with van der Waals surface area (Å²) in [4.78, 5) is 20.8. The Kier molecular flexibility index (Phi) is 4.79. The molecule has 0 unspecified atom stereocenters. The fraction of sp³-hybridized carbons (Fsp3) is 0.421. The summed E-state index contributed by atoms with van der Waals surface area (Å²) in [5.74, 6) is 0.415. The maximum Gasteiger partial charge on any atom is 0.254 e. The van der Waals surface area contributed by atoms with Crippen LogP contribution in [0, 0.1) is 20.8 Å². The van der Waals surface area contributed by atoms with Crippen molar-refractivity contribution in [2.75, 3.05) is 5.32 Å². The first-order chi connectivity index (χ1) is 11.5. The first kappa shape index (κ1) is 16.4. The zero-order chi connectivity index (χ0) is 17.1. The number of anilines is 2. The highest BCUT2D eigenvalue weighted by atomic mass is 16.1. The van der Waals surface area contributed by atoms with E-state index in [0.717, 1.165) is 29.7 Å². The highest BCUT2D eigenvalue weighted by molar-refractivity contribution is 5.93. The number of carbonyl (C=O) groups excluding carboxylic acids is 1. The van der Waals surface area contributed by atoms with Crippen LogP contribution in [-0.2, 0) is 0 Å². The number of aryl methyl sites for hydroxylation is 3. The number of amides is 1. The Morgan fingerprint density at radius 1 is 1.04 bits per heavy atom. The SMILES string of the molecule is Cc1cc(C)c(Nc2ncc(C(=O)NC3CCCC3)cn2)c(C)c1. The van der Waals surface area contributed by atoms with Gasteiger partial charge in [0.2, 0.25) is 5.95 Å². The lowest BCUT2D eigenvalue weighted by Crippen LogP contribution is -2.32. The molecule has 126 valence electrons. The van der Waals surface area contributed by atoms with Gasteiger partial charge in [-0.3, -0.25) is 4.79 Å². The summed E-state index contributed by atoms with van der Waals surface area (Å²) in [6.07, 6.45) is 7.69. The number of aromatic nitrogens is 2. The molecule has 5 nitrogen and oxygen atoms in total. The van der Waals surface area contributed by atoms with E-state index < -0.39 is 0 Å². The summed E-state index contributed by atoms with van der Waals surface area (Å²) < 4.78 is 0. The van der Waals surface area contributed by atoms with Crippen LogP contribution in [0.15, 0.2) is 24.5 Å². The lowest BCUT2D eigenvalue weighted by atomic mass is 10.1. The van der Waals surface area contributed by atoms with Crippen molar-refractivity contribution < 1.29 is 4.79 Å². The van der Waals surface area contributed by atoms with Crippen molar-refractivity contribution in [3.05, 3.63) is 46.8 Å². The van der Waals surface area contributed by atoms with E-state index in [0.29, 0.717) is 17.6 Å². The highest BCUT2D eigenvalue weighted by Gasteiger charge is 2.18. The molecular weight excluding hydrogens is 300 g/mol. The van der Waals surface area contributed by atoms with Crippen molar-refractivity contribution in [3.63, 3.8) is 0 Å². The Morgan fingerprint density at radius 2 is 1.62 bits per heavy atom. The van der Waals surface area contributed by atoms with Gasteiger partial charge in [0.1, 0.15) is 0 Å². The highest BCUT2D eigenvalue weighted by Crippen LogP contribution is 2.24. The molecule has 0 aliphatic heterocycles. The minimum atomic E-state index is -0.0869. The predicted molar refractivity (Wildman–Crippen MR) is 95.7 cm³/mol. The summed E-state index contributed by atoms with van der Waals surface area (Å²) in [5.41, 5.74) is 5.06. The van der Waals surface area contributed by atoms with E-state index in [4.69, 9.17) is 0 Å². The zero-order valence-electron chi connectivity index (χ0n) is 14.5. The maximum atomic E-state index is 12.2. The number of nitrogens with one attached hydrogen (secondary N) is 2. The van der Waals surface area contributed by atoms with Gasteiger partial charge in [-0.15, -0.1) is 0 Å². The summed E-state index contributed by atoms with van der Waals surface area (Å²) >= 11 is 0. The van der Waals surface area contributed by atoms with Gasteiger partial charge in [0.25, 0.3) is 5.91 Å². The summed E-state index contributed by atoms with van der Waals surface area (Å²) in [5, 5.41) is 6.30. The first-order valence-corrected chi connectivity index (χ1v) is 8.50. The Hall–Kier alpha value is -2.43. The molecular formula is C19H24N4O. The molecule has 1 aliphatic carbocycles. The first-order valence-electron chi connectivity index (χ1n) is 8.50. The van der Waals surface area contributed by atoms with E-state index in [-0.39, 0.29) is 5.91 Å². The van der Waals surface area contributed by atoms with Gasteiger partial charge in [-0.25, -0.2) is 9.97 Å². The number of carbonyl (C=O) groups is 1. The van der Waals surface area contributed by atoms with E-state index in [1.807, 2.05) is 0 Å². The van der Waals surface area contributed by atoms with Gasteiger partial charge >= 0.3 is 0 Å². The van der Waals surface area contributed by atoms with E-state index in [2.05, 4.69) is 53.5 Å². The second kappa shape index (κ2) is 6.99. The van der Waals surface area contributed by atoms with Crippen LogP contribution in [0.5, 0.6) is 0 Å². The average Bonchev–Trinajstić information content (AvgIpc) is 3.04. The van der Waals surface area contributed by atoms with Crippen molar-refractivity contribution in [3.8, 4) is 0 Å². The third kappa shape index (κ3) is 3.72. The van der Waals surface area contributed by atoms with Crippen molar-refractivity contribution >= 4 is 17.5 Å². The molecule has 24 heavy (non-hydrogen) atoms. The van der Waals surface area contributed by atoms with Crippen molar-refractivity contribution in [2.24, 2.45) is 0 Å². The average molecular weight is 324 g/mol. The van der Waals surface area contributed by atoms with Crippen molar-refractivity contribution in [1.29, 1.82) is 0 Å². The smallest absolute Gasteiger partial charge is 0.254 e. The second-order valence-electron chi connectivity index (χ2n) is 6.65. The molecule has 1 amide bonds. The maximum absolute atomic E-state index is 12.2. The van der Waals surface area contributed by atoms with E-state index in [9.17, 15) is 4.79 Å². The molecule has 0 atom stereocenters. The Labute approximate surface area is 142 Å². The molecule has 0 saturated heterocycles. The Morgan fingerprint density at radius 3 is 2.21 bits per heavy atom. The summed E-state index contributed by atoms with van der Waals surface area (Å²) in [6.45, 7) is 6.20. The Bertz CT molecular complexity index is 711. The van der Waals surface area contributed by atoms with Crippen molar-refractivity contribution in [1.82, 2.24) is 15.3 Å². The third-order valence-electron chi connectivity index (χ3n) is 4.52. The van der Waals surface area contributed by atoms with E-state index in [1.165, 1.54) is 18.4 Å². The summed E-state index contributed by atoms with van der Waals surface area (Å²) in [6, 6.07) is 4.55. The fourth-order valence-corrected chi connectivity index (χ4v) is 3.34. The van der Waals surface area contributed by atoms with Crippen LogP contribution in [0.4, 0.5) is 11.6 Å². The monoisotopic (exact) mass is 324 g/mol. The molecule has 3 rings (SSSR count). The Balaban J connectivity index is 1.69. The number of benzene rings is 1. The lowest BCUT2D eigenvalue weighted by molar-refractivity contribution is 0.0937. The fourth-order valence-electron chi connectivity index (χ4n) is 3.34. The molecule has 1 aromatic carbocycles. The molecule has 2 aromatic rings. The van der Waals surface area contributed by atoms with Gasteiger partial charge in [-0.1, -0.05) is 30.5 Å². The van der Waals surface area contributed by atoms with Crippen LogP contribution in [0.3, 0.4) is 0 Å². The van der Waals surface area contributed by atoms with Gasteiger partial charge < -0.3 is 10.6 Å². The predicted octanol–water partition coefficient (Wildman–Crippen LogP) is 3.82. The van der Waals surface area contributed by atoms with Crippen LogP contribution in [0.1, 0.15) is 52.7 Å². The van der Waals surface area contributed by atoms with Gasteiger partial charge in [0.15, 0.2) is 0 Å². The molecule has 0 radical (unpaired) electrons. The molecule has 1 aromatic heterocycles. The molecule has 0 spiro atoms. The van der Waals surface area contributed by atoms with Crippen LogP contribution < -0.4 is 10.6 Å². The van der Waals surface area contributed by atoms with Crippen LogP contribution in [-0.4, -0.2) is 21.9 Å². The van der Waals surface area contributed by atoms with Crippen LogP contribution in [0.25, 0.3) is 0 Å². The molecule has 0 bridgehead atoms. The molecule has 1 saturated carbocycles. The number of rotatable bonds is 4. The van der Waals surface area contributed by atoms with Crippen LogP contribution >= 0.6 is 0 Å². The van der Waals surface area contributed by atoms with Crippen LogP contribution in [0.2, 0.25) is 0 Å². The molecule has 2 N–H and O–H groups in total. The van der Waals surface area contributed by atoms with Crippen molar-refractivity contribution in [2.45, 2.75) is 52.5 Å². The minimum Gasteiger partial charge on any atom is -0.349 e. The number of nitrogens with zero attached hydrogens (tertiary/aromatic N) is 2. The number of hydrogen-bond acceptors (Lipinski definition) is 4.